The Morgan fingerprint density at radius 3 is 2.67 bits per heavy atom. The van der Waals surface area contributed by atoms with Crippen LogP contribution in [0.5, 0.6) is 0 Å². The van der Waals surface area contributed by atoms with Crippen molar-refractivity contribution in [2.75, 3.05) is 19.6 Å². The van der Waals surface area contributed by atoms with E-state index in [1.165, 1.54) is 0 Å². The molecule has 0 spiro atoms. The summed E-state index contributed by atoms with van der Waals surface area (Å²) in [4.78, 5) is 34.7. The van der Waals surface area contributed by atoms with Gasteiger partial charge in [0.15, 0.2) is 0 Å². The van der Waals surface area contributed by atoms with Crippen LogP contribution in [0, 0.1) is 5.92 Å². The Kier molecular flexibility index (Phi) is 5.08. The predicted octanol–water partition coefficient (Wildman–Crippen LogP) is -0.939. The number of nitrogens with one attached hydrogen (secondary N) is 2. The SMILES string of the molecule is CC(C)CC(O)CNC(=O)CN1C(=O)CNC1=O. The third-order valence-electron chi connectivity index (χ3n) is 2.52. The van der Waals surface area contributed by atoms with Crippen LogP contribution in [-0.4, -0.2) is 53.6 Å². The van der Waals surface area contributed by atoms with Crippen molar-refractivity contribution < 1.29 is 19.5 Å². The standard InChI is InChI=1S/C11H19N3O4/c1-7(2)3-8(15)4-12-9(16)6-14-10(17)5-13-11(14)18/h7-8,15H,3-6H2,1-2H3,(H,12,16)(H,13,18). The molecule has 3 N–H and O–H groups in total. The Labute approximate surface area is 106 Å². The van der Waals surface area contributed by atoms with Crippen LogP contribution < -0.4 is 10.6 Å². The van der Waals surface area contributed by atoms with Crippen LogP contribution in [0.25, 0.3) is 0 Å². The van der Waals surface area contributed by atoms with Gasteiger partial charge in [0.1, 0.15) is 6.54 Å². The van der Waals surface area contributed by atoms with E-state index in [0.29, 0.717) is 12.3 Å². The lowest BCUT2D eigenvalue weighted by molar-refractivity contribution is -0.130. The van der Waals surface area contributed by atoms with E-state index in [-0.39, 0.29) is 19.6 Å². The second kappa shape index (κ2) is 6.34. The summed E-state index contributed by atoms with van der Waals surface area (Å²) in [5.41, 5.74) is 0. The number of aliphatic hydroxyl groups excluding tert-OH is 1. The molecule has 18 heavy (non-hydrogen) atoms. The van der Waals surface area contributed by atoms with E-state index in [2.05, 4.69) is 10.6 Å². The molecule has 1 aliphatic rings. The molecule has 1 fully saturated rings. The summed E-state index contributed by atoms with van der Waals surface area (Å²) in [6, 6.07) is -0.558. The predicted molar refractivity (Wildman–Crippen MR) is 63.6 cm³/mol. The topological polar surface area (TPSA) is 98.7 Å². The van der Waals surface area contributed by atoms with E-state index < -0.39 is 23.9 Å². The van der Waals surface area contributed by atoms with Crippen LogP contribution in [0.4, 0.5) is 4.79 Å². The van der Waals surface area contributed by atoms with Crippen molar-refractivity contribution in [1.29, 1.82) is 0 Å². The third kappa shape index (κ3) is 4.33. The zero-order valence-corrected chi connectivity index (χ0v) is 10.6. The molecule has 0 aliphatic carbocycles. The average molecular weight is 257 g/mol. The summed E-state index contributed by atoms with van der Waals surface area (Å²) in [5, 5.41) is 14.4. The minimum Gasteiger partial charge on any atom is -0.391 e. The van der Waals surface area contributed by atoms with Crippen molar-refractivity contribution in [3.63, 3.8) is 0 Å². The molecule has 1 unspecified atom stereocenters. The van der Waals surface area contributed by atoms with Gasteiger partial charge in [-0.1, -0.05) is 13.8 Å². The van der Waals surface area contributed by atoms with Crippen molar-refractivity contribution in [2.45, 2.75) is 26.4 Å². The van der Waals surface area contributed by atoms with Gasteiger partial charge in [-0.2, -0.15) is 0 Å². The molecule has 0 aromatic carbocycles. The lowest BCUT2D eigenvalue weighted by Gasteiger charge is -2.15. The quantitative estimate of drug-likeness (QED) is 0.535. The van der Waals surface area contributed by atoms with E-state index in [0.717, 1.165) is 4.90 Å². The molecule has 0 aromatic rings. The van der Waals surface area contributed by atoms with Crippen LogP contribution in [0.2, 0.25) is 0 Å². The van der Waals surface area contributed by atoms with Gasteiger partial charge >= 0.3 is 6.03 Å². The summed E-state index contributed by atoms with van der Waals surface area (Å²) in [7, 11) is 0. The average Bonchev–Trinajstić information content (AvgIpc) is 2.57. The number of rotatable bonds is 6. The Balaban J connectivity index is 2.29. The minimum atomic E-state index is -0.614. The zero-order valence-electron chi connectivity index (χ0n) is 10.6. The molecule has 1 saturated heterocycles. The van der Waals surface area contributed by atoms with Crippen LogP contribution in [-0.2, 0) is 9.59 Å². The summed E-state index contributed by atoms with van der Waals surface area (Å²) in [5.74, 6) is -0.538. The fourth-order valence-electron chi connectivity index (χ4n) is 1.67. The van der Waals surface area contributed by atoms with Gasteiger partial charge in [0.05, 0.1) is 12.6 Å². The summed E-state index contributed by atoms with van der Waals surface area (Å²) in [6.45, 7) is 3.69. The van der Waals surface area contributed by atoms with Crippen molar-refractivity contribution in [3.05, 3.63) is 0 Å². The summed E-state index contributed by atoms with van der Waals surface area (Å²) < 4.78 is 0. The maximum absolute atomic E-state index is 11.5. The lowest BCUT2D eigenvalue weighted by Crippen LogP contribution is -2.43. The number of hydrogen-bond acceptors (Lipinski definition) is 4. The fourth-order valence-corrected chi connectivity index (χ4v) is 1.67. The Morgan fingerprint density at radius 2 is 2.17 bits per heavy atom. The summed E-state index contributed by atoms with van der Waals surface area (Å²) >= 11 is 0. The van der Waals surface area contributed by atoms with E-state index in [9.17, 15) is 19.5 Å². The van der Waals surface area contributed by atoms with Gasteiger partial charge in [0.2, 0.25) is 5.91 Å². The molecule has 1 atom stereocenters. The number of carbonyl (C=O) groups is 3. The first-order chi connectivity index (χ1) is 8.40. The summed E-state index contributed by atoms with van der Waals surface area (Å²) in [6.07, 6.45) is -0.0271. The maximum atomic E-state index is 11.5. The van der Waals surface area contributed by atoms with Gasteiger partial charge in [-0.15, -0.1) is 0 Å². The number of hydrogen-bond donors (Lipinski definition) is 3. The maximum Gasteiger partial charge on any atom is 0.325 e. The first kappa shape index (κ1) is 14.4. The van der Waals surface area contributed by atoms with Gasteiger partial charge in [-0.25, -0.2) is 4.79 Å². The Morgan fingerprint density at radius 1 is 1.50 bits per heavy atom. The molecule has 0 saturated carbocycles. The minimum absolute atomic E-state index is 0.0674. The van der Waals surface area contributed by atoms with Crippen molar-refractivity contribution in [2.24, 2.45) is 5.92 Å². The van der Waals surface area contributed by atoms with Gasteiger partial charge in [0.25, 0.3) is 5.91 Å². The zero-order chi connectivity index (χ0) is 13.7. The molecule has 7 nitrogen and oxygen atoms in total. The molecule has 102 valence electrons. The highest BCUT2D eigenvalue weighted by Gasteiger charge is 2.30. The number of amides is 4. The molecule has 0 bridgehead atoms. The molecule has 1 aliphatic heterocycles. The molecule has 0 radical (unpaired) electrons. The van der Waals surface area contributed by atoms with Crippen molar-refractivity contribution in [1.82, 2.24) is 15.5 Å². The monoisotopic (exact) mass is 257 g/mol. The third-order valence-corrected chi connectivity index (χ3v) is 2.52. The number of carbonyl (C=O) groups excluding carboxylic acids is 3. The highest BCUT2D eigenvalue weighted by atomic mass is 16.3. The van der Waals surface area contributed by atoms with Crippen LogP contribution >= 0.6 is 0 Å². The van der Waals surface area contributed by atoms with Gasteiger partial charge in [-0.3, -0.25) is 14.5 Å². The van der Waals surface area contributed by atoms with Crippen LogP contribution in [0.15, 0.2) is 0 Å². The Hall–Kier alpha value is -1.63. The fraction of sp³-hybridized carbons (Fsp3) is 0.727. The first-order valence-corrected chi connectivity index (χ1v) is 5.93. The van der Waals surface area contributed by atoms with E-state index in [1.807, 2.05) is 13.8 Å². The van der Waals surface area contributed by atoms with Crippen molar-refractivity contribution in [3.8, 4) is 0 Å². The largest absolute Gasteiger partial charge is 0.391 e. The number of nitrogens with zero attached hydrogens (tertiary/aromatic N) is 1. The molecule has 4 amide bonds. The normalized spacial score (nSPS) is 17.0. The van der Waals surface area contributed by atoms with Crippen LogP contribution in [0.3, 0.4) is 0 Å². The number of imide groups is 1. The molecular formula is C11H19N3O4. The Bertz CT molecular complexity index is 327. The second-order valence-electron chi connectivity index (χ2n) is 4.73. The van der Waals surface area contributed by atoms with Gasteiger partial charge in [-0.05, 0) is 12.3 Å². The van der Waals surface area contributed by atoms with E-state index >= 15 is 0 Å². The van der Waals surface area contributed by atoms with Crippen LogP contribution in [0.1, 0.15) is 20.3 Å². The lowest BCUT2D eigenvalue weighted by atomic mass is 10.1. The van der Waals surface area contributed by atoms with E-state index in [1.54, 1.807) is 0 Å². The first-order valence-electron chi connectivity index (χ1n) is 5.93. The number of aliphatic hydroxyl groups is 1. The molecule has 0 aromatic heterocycles. The smallest absolute Gasteiger partial charge is 0.325 e. The van der Waals surface area contributed by atoms with E-state index in [4.69, 9.17) is 0 Å². The molecule has 1 heterocycles. The highest BCUT2D eigenvalue weighted by Crippen LogP contribution is 2.03. The highest BCUT2D eigenvalue weighted by molar-refractivity contribution is 6.04. The second-order valence-corrected chi connectivity index (χ2v) is 4.73. The van der Waals surface area contributed by atoms with Gasteiger partial charge < -0.3 is 15.7 Å². The molecular weight excluding hydrogens is 238 g/mol. The van der Waals surface area contributed by atoms with Gasteiger partial charge in [0, 0.05) is 6.54 Å². The molecule has 1 rings (SSSR count). The molecule has 7 heteroatoms. The van der Waals surface area contributed by atoms with Crippen molar-refractivity contribution >= 4 is 17.8 Å². The number of urea groups is 1.